The molecule has 0 atom stereocenters. The number of aromatic nitrogens is 1. The first kappa shape index (κ1) is 14.0. The molecule has 1 saturated carbocycles. The quantitative estimate of drug-likeness (QED) is 0.870. The van der Waals surface area contributed by atoms with Gasteiger partial charge in [0.15, 0.2) is 0 Å². The van der Waals surface area contributed by atoms with Gasteiger partial charge in [-0.2, -0.15) is 0 Å². The Morgan fingerprint density at radius 1 is 1.38 bits per heavy atom. The highest BCUT2D eigenvalue weighted by molar-refractivity contribution is 6.06. The number of aromatic hydroxyl groups is 1. The van der Waals surface area contributed by atoms with E-state index in [1.54, 1.807) is 19.1 Å². The Hall–Kier alpha value is -1.97. The molecule has 0 amide bonds. The minimum absolute atomic E-state index is 0.177. The molecule has 0 radical (unpaired) electrons. The van der Waals surface area contributed by atoms with Crippen LogP contribution >= 0.6 is 0 Å². The minimum atomic E-state index is -0.303. The molecule has 1 heterocycles. The second-order valence-electron chi connectivity index (χ2n) is 5.69. The van der Waals surface area contributed by atoms with Gasteiger partial charge >= 0.3 is 5.97 Å². The van der Waals surface area contributed by atoms with Crippen LogP contribution in [-0.2, 0) is 4.74 Å². The lowest BCUT2D eigenvalue weighted by molar-refractivity contribution is 0.0527. The zero-order valence-electron chi connectivity index (χ0n) is 12.6. The first-order valence-corrected chi connectivity index (χ1v) is 7.64. The minimum Gasteiger partial charge on any atom is -0.508 e. The van der Waals surface area contributed by atoms with E-state index in [0.29, 0.717) is 18.2 Å². The summed E-state index contributed by atoms with van der Waals surface area (Å²) in [6, 6.07) is 5.70. The first-order valence-electron chi connectivity index (χ1n) is 7.64. The van der Waals surface area contributed by atoms with Gasteiger partial charge in [0.2, 0.25) is 0 Å². The first-order chi connectivity index (χ1) is 10.1. The van der Waals surface area contributed by atoms with Gasteiger partial charge in [0.05, 0.1) is 12.2 Å². The Balaban J connectivity index is 2.23. The van der Waals surface area contributed by atoms with Gasteiger partial charge in [-0.3, -0.25) is 0 Å². The van der Waals surface area contributed by atoms with Crippen molar-refractivity contribution in [3.8, 4) is 5.75 Å². The average Bonchev–Trinajstić information content (AvgIpc) is 3.03. The van der Waals surface area contributed by atoms with E-state index in [2.05, 4.69) is 4.57 Å². The number of benzene rings is 1. The predicted octanol–water partition coefficient (Wildman–Crippen LogP) is 3.95. The van der Waals surface area contributed by atoms with E-state index >= 15 is 0 Å². The SMILES string of the molecule is CCOC(=O)c1c(C)n(C2CCCC2)c2ccc(O)cc12. The van der Waals surface area contributed by atoms with Crippen molar-refractivity contribution in [1.82, 2.24) is 4.57 Å². The monoisotopic (exact) mass is 287 g/mol. The number of phenolic OH excluding ortho intramolecular Hbond substituents is 1. The summed E-state index contributed by atoms with van der Waals surface area (Å²) >= 11 is 0. The smallest absolute Gasteiger partial charge is 0.340 e. The Kier molecular flexibility index (Phi) is 3.62. The van der Waals surface area contributed by atoms with E-state index in [0.717, 1.165) is 29.4 Å². The lowest BCUT2D eigenvalue weighted by Crippen LogP contribution is -2.10. The number of phenols is 1. The number of ether oxygens (including phenoxy) is 1. The molecule has 0 spiro atoms. The normalized spacial score (nSPS) is 15.7. The van der Waals surface area contributed by atoms with Crippen molar-refractivity contribution in [2.45, 2.75) is 45.6 Å². The van der Waals surface area contributed by atoms with Gasteiger partial charge in [-0.15, -0.1) is 0 Å². The molecule has 3 rings (SSSR count). The Labute approximate surface area is 124 Å². The van der Waals surface area contributed by atoms with Crippen molar-refractivity contribution < 1.29 is 14.6 Å². The van der Waals surface area contributed by atoms with Gasteiger partial charge in [-0.05, 0) is 44.9 Å². The van der Waals surface area contributed by atoms with E-state index in [-0.39, 0.29) is 11.7 Å². The summed E-state index contributed by atoms with van der Waals surface area (Å²) in [5, 5.41) is 10.6. The van der Waals surface area contributed by atoms with E-state index in [9.17, 15) is 9.90 Å². The number of nitrogens with zero attached hydrogens (tertiary/aromatic N) is 1. The van der Waals surface area contributed by atoms with Crippen LogP contribution in [0.1, 0.15) is 54.7 Å². The third-order valence-electron chi connectivity index (χ3n) is 4.40. The van der Waals surface area contributed by atoms with Crippen molar-refractivity contribution in [2.24, 2.45) is 0 Å². The Morgan fingerprint density at radius 2 is 2.10 bits per heavy atom. The highest BCUT2D eigenvalue weighted by Gasteiger charge is 2.26. The molecule has 1 aliphatic carbocycles. The third-order valence-corrected chi connectivity index (χ3v) is 4.40. The lowest BCUT2D eigenvalue weighted by Gasteiger charge is -2.16. The molecule has 2 aromatic rings. The van der Waals surface area contributed by atoms with Crippen LogP contribution in [0.2, 0.25) is 0 Å². The molecule has 0 saturated heterocycles. The van der Waals surface area contributed by atoms with Crippen molar-refractivity contribution in [2.75, 3.05) is 6.61 Å². The highest BCUT2D eigenvalue weighted by atomic mass is 16.5. The third kappa shape index (κ3) is 2.28. The van der Waals surface area contributed by atoms with E-state index in [1.165, 1.54) is 12.8 Å². The topological polar surface area (TPSA) is 51.5 Å². The zero-order chi connectivity index (χ0) is 15.0. The van der Waals surface area contributed by atoms with Crippen molar-refractivity contribution in [1.29, 1.82) is 0 Å². The van der Waals surface area contributed by atoms with Crippen LogP contribution in [0.15, 0.2) is 18.2 Å². The maximum Gasteiger partial charge on any atom is 0.340 e. The van der Waals surface area contributed by atoms with Crippen LogP contribution in [0.25, 0.3) is 10.9 Å². The van der Waals surface area contributed by atoms with Crippen LogP contribution in [0, 0.1) is 6.92 Å². The summed E-state index contributed by atoms with van der Waals surface area (Å²) in [6.07, 6.45) is 4.76. The number of rotatable bonds is 3. The molecule has 1 aliphatic rings. The summed E-state index contributed by atoms with van der Waals surface area (Å²) < 4.78 is 7.46. The molecule has 0 unspecified atom stereocenters. The molecule has 4 heteroatoms. The summed E-state index contributed by atoms with van der Waals surface area (Å²) in [7, 11) is 0. The summed E-state index contributed by atoms with van der Waals surface area (Å²) in [4.78, 5) is 12.3. The maximum absolute atomic E-state index is 12.3. The van der Waals surface area contributed by atoms with Gasteiger partial charge in [-0.1, -0.05) is 12.8 Å². The van der Waals surface area contributed by atoms with Crippen LogP contribution in [0.4, 0.5) is 0 Å². The van der Waals surface area contributed by atoms with E-state index in [4.69, 9.17) is 4.74 Å². The second kappa shape index (κ2) is 5.43. The van der Waals surface area contributed by atoms with Crippen molar-refractivity contribution in [3.63, 3.8) is 0 Å². The standard InChI is InChI=1S/C17H21NO3/c1-3-21-17(20)16-11(2)18(12-6-4-5-7-12)15-9-8-13(19)10-14(15)16/h8-10,12,19H,3-7H2,1-2H3. The fourth-order valence-corrected chi connectivity index (χ4v) is 3.52. The Bertz CT molecular complexity index is 681. The van der Waals surface area contributed by atoms with Gasteiger partial charge in [-0.25, -0.2) is 4.79 Å². The molecule has 112 valence electrons. The average molecular weight is 287 g/mol. The fraction of sp³-hybridized carbons (Fsp3) is 0.471. The lowest BCUT2D eigenvalue weighted by atomic mass is 10.1. The predicted molar refractivity (Wildman–Crippen MR) is 81.8 cm³/mol. The van der Waals surface area contributed by atoms with Crippen LogP contribution < -0.4 is 0 Å². The van der Waals surface area contributed by atoms with Gasteiger partial charge in [0.25, 0.3) is 0 Å². The molecule has 1 aromatic heterocycles. The van der Waals surface area contributed by atoms with Crippen molar-refractivity contribution in [3.05, 3.63) is 29.5 Å². The van der Waals surface area contributed by atoms with Crippen LogP contribution in [0.5, 0.6) is 5.75 Å². The highest BCUT2D eigenvalue weighted by Crippen LogP contribution is 2.38. The number of carbonyl (C=O) groups excluding carboxylic acids is 1. The molecular weight excluding hydrogens is 266 g/mol. The summed E-state index contributed by atoms with van der Waals surface area (Å²) in [5.41, 5.74) is 2.55. The molecule has 1 fully saturated rings. The Morgan fingerprint density at radius 3 is 2.76 bits per heavy atom. The van der Waals surface area contributed by atoms with Gasteiger partial charge in [0, 0.05) is 22.6 Å². The molecule has 4 nitrogen and oxygen atoms in total. The molecule has 0 bridgehead atoms. The van der Waals surface area contributed by atoms with Crippen LogP contribution in [0.3, 0.4) is 0 Å². The van der Waals surface area contributed by atoms with Crippen molar-refractivity contribution >= 4 is 16.9 Å². The summed E-state index contributed by atoms with van der Waals surface area (Å²) in [5.74, 6) is -0.126. The molecule has 1 aromatic carbocycles. The number of carbonyl (C=O) groups is 1. The van der Waals surface area contributed by atoms with E-state index < -0.39 is 0 Å². The van der Waals surface area contributed by atoms with Gasteiger partial charge < -0.3 is 14.4 Å². The second-order valence-corrected chi connectivity index (χ2v) is 5.69. The zero-order valence-corrected chi connectivity index (χ0v) is 12.6. The molecule has 1 N–H and O–H groups in total. The summed E-state index contributed by atoms with van der Waals surface area (Å²) in [6.45, 7) is 4.13. The maximum atomic E-state index is 12.3. The molecular formula is C17H21NO3. The number of fused-ring (bicyclic) bond motifs is 1. The number of hydrogen-bond acceptors (Lipinski definition) is 3. The van der Waals surface area contributed by atoms with Gasteiger partial charge in [0.1, 0.15) is 5.75 Å². The molecule has 21 heavy (non-hydrogen) atoms. The molecule has 0 aliphatic heterocycles. The largest absolute Gasteiger partial charge is 0.508 e. The van der Waals surface area contributed by atoms with E-state index in [1.807, 2.05) is 13.0 Å². The van der Waals surface area contributed by atoms with Crippen LogP contribution in [-0.4, -0.2) is 22.2 Å². The fourth-order valence-electron chi connectivity index (χ4n) is 3.52. The number of esters is 1. The number of hydrogen-bond donors (Lipinski definition) is 1.